The maximum atomic E-state index is 5.61. The molecule has 3 N–H and O–H groups in total. The van der Waals surface area contributed by atoms with E-state index in [1.54, 1.807) is 13.2 Å². The molecule has 0 saturated heterocycles. The summed E-state index contributed by atoms with van der Waals surface area (Å²) in [6, 6.07) is 12.0. The van der Waals surface area contributed by atoms with Gasteiger partial charge in [-0.3, -0.25) is 0 Å². The Bertz CT molecular complexity index is 530. The Morgan fingerprint density at radius 2 is 2.00 bits per heavy atom. The first-order valence-corrected chi connectivity index (χ1v) is 6.16. The maximum absolute atomic E-state index is 5.61. The molecule has 1 aromatic heterocycles. The largest absolute Gasteiger partial charge is 0.481 e. The zero-order valence-corrected chi connectivity index (χ0v) is 11.1. The van der Waals surface area contributed by atoms with Gasteiger partial charge in [-0.1, -0.05) is 37.3 Å². The van der Waals surface area contributed by atoms with E-state index in [2.05, 4.69) is 34.3 Å². The smallest absolute Gasteiger partial charge is 0.225 e. The maximum Gasteiger partial charge on any atom is 0.225 e. The van der Waals surface area contributed by atoms with Crippen LogP contribution in [0.4, 0.5) is 11.8 Å². The third kappa shape index (κ3) is 3.58. The van der Waals surface area contributed by atoms with Crippen molar-refractivity contribution in [3.63, 3.8) is 0 Å². The van der Waals surface area contributed by atoms with Gasteiger partial charge >= 0.3 is 0 Å². The Morgan fingerprint density at radius 3 is 2.68 bits per heavy atom. The van der Waals surface area contributed by atoms with Crippen molar-refractivity contribution in [2.24, 2.45) is 0 Å². The summed E-state index contributed by atoms with van der Waals surface area (Å²) < 4.78 is 5.06. The van der Waals surface area contributed by atoms with Gasteiger partial charge in [0.2, 0.25) is 11.8 Å². The number of nitrogens with two attached hydrogens (primary N) is 1. The molecule has 100 valence electrons. The molecule has 2 rings (SSSR count). The fraction of sp³-hybridized carbons (Fsp3) is 0.286. The number of anilines is 2. The van der Waals surface area contributed by atoms with Crippen LogP contribution in [0.25, 0.3) is 0 Å². The Balaban J connectivity index is 2.01. The summed E-state index contributed by atoms with van der Waals surface area (Å²) in [5.41, 5.74) is 6.89. The minimum Gasteiger partial charge on any atom is -0.481 e. The molecule has 1 unspecified atom stereocenters. The van der Waals surface area contributed by atoms with Crippen LogP contribution in [0.5, 0.6) is 5.88 Å². The summed E-state index contributed by atoms with van der Waals surface area (Å²) in [6.07, 6.45) is 0. The number of nitrogens with zero attached hydrogens (tertiary/aromatic N) is 2. The summed E-state index contributed by atoms with van der Waals surface area (Å²) in [6.45, 7) is 2.92. The lowest BCUT2D eigenvalue weighted by molar-refractivity contribution is 0.398. The highest BCUT2D eigenvalue weighted by Gasteiger charge is 2.06. The van der Waals surface area contributed by atoms with Crippen molar-refractivity contribution in [3.05, 3.63) is 42.0 Å². The van der Waals surface area contributed by atoms with Gasteiger partial charge in [-0.05, 0) is 11.5 Å². The minimum absolute atomic E-state index is 0.203. The number of aromatic nitrogens is 2. The predicted molar refractivity (Wildman–Crippen MR) is 76.3 cm³/mol. The van der Waals surface area contributed by atoms with Gasteiger partial charge in [-0.15, -0.1) is 0 Å². The quantitative estimate of drug-likeness (QED) is 0.860. The average molecular weight is 258 g/mol. The van der Waals surface area contributed by atoms with Crippen molar-refractivity contribution >= 4 is 11.8 Å². The number of ether oxygens (including phenoxy) is 1. The molecule has 0 aliphatic rings. The van der Waals surface area contributed by atoms with Crippen molar-refractivity contribution < 1.29 is 4.74 Å². The van der Waals surface area contributed by atoms with E-state index in [0.29, 0.717) is 17.6 Å². The van der Waals surface area contributed by atoms with Crippen LogP contribution in [0.2, 0.25) is 0 Å². The second-order valence-corrected chi connectivity index (χ2v) is 4.35. The van der Waals surface area contributed by atoms with Crippen LogP contribution in [0.3, 0.4) is 0 Å². The monoisotopic (exact) mass is 258 g/mol. The first-order valence-electron chi connectivity index (χ1n) is 6.16. The van der Waals surface area contributed by atoms with Gasteiger partial charge < -0.3 is 15.8 Å². The molecule has 1 heterocycles. The van der Waals surface area contributed by atoms with E-state index in [1.165, 1.54) is 5.56 Å². The van der Waals surface area contributed by atoms with Gasteiger partial charge in [-0.2, -0.15) is 9.97 Å². The summed E-state index contributed by atoms with van der Waals surface area (Å²) in [4.78, 5) is 8.07. The summed E-state index contributed by atoms with van der Waals surface area (Å²) in [5, 5.41) is 3.25. The fourth-order valence-corrected chi connectivity index (χ4v) is 1.80. The zero-order valence-electron chi connectivity index (χ0n) is 11.1. The van der Waals surface area contributed by atoms with E-state index in [1.807, 2.05) is 18.2 Å². The van der Waals surface area contributed by atoms with Crippen molar-refractivity contribution in [2.75, 3.05) is 24.7 Å². The molecular formula is C14H18N4O. The lowest BCUT2D eigenvalue weighted by Crippen LogP contribution is -2.12. The number of rotatable bonds is 5. The van der Waals surface area contributed by atoms with E-state index in [4.69, 9.17) is 10.5 Å². The average Bonchev–Trinajstić information content (AvgIpc) is 2.45. The lowest BCUT2D eigenvalue weighted by Gasteiger charge is -2.14. The summed E-state index contributed by atoms with van der Waals surface area (Å²) in [7, 11) is 1.55. The molecule has 0 aliphatic carbocycles. The third-order valence-electron chi connectivity index (χ3n) is 2.89. The van der Waals surface area contributed by atoms with E-state index in [9.17, 15) is 0 Å². The van der Waals surface area contributed by atoms with Gasteiger partial charge in [-0.25, -0.2) is 0 Å². The Morgan fingerprint density at radius 1 is 1.26 bits per heavy atom. The van der Waals surface area contributed by atoms with E-state index >= 15 is 0 Å². The number of hydrogen-bond donors (Lipinski definition) is 2. The number of benzene rings is 1. The Kier molecular flexibility index (Phi) is 4.18. The van der Waals surface area contributed by atoms with Gasteiger partial charge in [0.05, 0.1) is 7.11 Å². The highest BCUT2D eigenvalue weighted by molar-refractivity contribution is 5.43. The molecule has 0 saturated carbocycles. The molecule has 0 aliphatic heterocycles. The zero-order chi connectivity index (χ0) is 13.7. The third-order valence-corrected chi connectivity index (χ3v) is 2.89. The van der Waals surface area contributed by atoms with Crippen LogP contribution < -0.4 is 15.8 Å². The SMILES string of the molecule is COc1cc(NCC(C)c2ccccc2)nc(N)n1. The molecule has 2 aromatic rings. The molecule has 5 nitrogen and oxygen atoms in total. The lowest BCUT2D eigenvalue weighted by atomic mass is 10.0. The molecule has 1 atom stereocenters. The van der Waals surface area contributed by atoms with Gasteiger partial charge in [0.15, 0.2) is 0 Å². The van der Waals surface area contributed by atoms with Crippen molar-refractivity contribution in [1.29, 1.82) is 0 Å². The van der Waals surface area contributed by atoms with Gasteiger partial charge in [0, 0.05) is 12.6 Å². The standard InChI is InChI=1S/C14H18N4O/c1-10(11-6-4-3-5-7-11)9-16-12-8-13(19-2)18-14(15)17-12/h3-8,10H,9H2,1-2H3,(H3,15,16,17,18). The molecule has 0 fully saturated rings. The predicted octanol–water partition coefficient (Wildman–Crippen LogP) is 2.28. The summed E-state index contributed by atoms with van der Waals surface area (Å²) in [5.74, 6) is 1.71. The minimum atomic E-state index is 0.203. The van der Waals surface area contributed by atoms with Crippen molar-refractivity contribution in [3.8, 4) is 5.88 Å². The highest BCUT2D eigenvalue weighted by Crippen LogP contribution is 2.18. The number of hydrogen-bond acceptors (Lipinski definition) is 5. The van der Waals surface area contributed by atoms with Crippen LogP contribution in [0.15, 0.2) is 36.4 Å². The van der Waals surface area contributed by atoms with Gasteiger partial charge in [0.1, 0.15) is 5.82 Å². The first kappa shape index (κ1) is 13.1. The number of nitrogens with one attached hydrogen (secondary N) is 1. The fourth-order valence-electron chi connectivity index (χ4n) is 1.80. The normalized spacial score (nSPS) is 11.9. The van der Waals surface area contributed by atoms with Crippen molar-refractivity contribution in [1.82, 2.24) is 9.97 Å². The van der Waals surface area contributed by atoms with Crippen molar-refractivity contribution in [2.45, 2.75) is 12.8 Å². The van der Waals surface area contributed by atoms with Crippen LogP contribution in [0, 0.1) is 0 Å². The van der Waals surface area contributed by atoms with E-state index in [0.717, 1.165) is 6.54 Å². The summed E-state index contributed by atoms with van der Waals surface area (Å²) >= 11 is 0. The highest BCUT2D eigenvalue weighted by atomic mass is 16.5. The Labute approximate surface area is 112 Å². The van der Waals surface area contributed by atoms with Crippen LogP contribution in [0.1, 0.15) is 18.4 Å². The van der Waals surface area contributed by atoms with Crippen LogP contribution in [-0.2, 0) is 0 Å². The molecule has 0 radical (unpaired) electrons. The Hall–Kier alpha value is -2.30. The van der Waals surface area contributed by atoms with Crippen LogP contribution in [-0.4, -0.2) is 23.6 Å². The second kappa shape index (κ2) is 6.04. The molecule has 0 spiro atoms. The molecule has 5 heteroatoms. The number of methoxy groups -OCH3 is 1. The van der Waals surface area contributed by atoms with Gasteiger partial charge in [0.25, 0.3) is 0 Å². The first-order chi connectivity index (χ1) is 9.19. The molecule has 0 bridgehead atoms. The molecule has 19 heavy (non-hydrogen) atoms. The molecule has 0 amide bonds. The topological polar surface area (TPSA) is 73.1 Å². The van der Waals surface area contributed by atoms with Crippen LogP contribution >= 0.6 is 0 Å². The molecule has 1 aromatic carbocycles. The number of nitrogen functional groups attached to an aromatic ring is 1. The van der Waals surface area contributed by atoms with E-state index < -0.39 is 0 Å². The second-order valence-electron chi connectivity index (χ2n) is 4.35. The van der Waals surface area contributed by atoms with E-state index in [-0.39, 0.29) is 5.95 Å². The molecular weight excluding hydrogens is 240 g/mol.